The molecular formula is C21H25N3O5. The molecular weight excluding hydrogens is 374 g/mol. The summed E-state index contributed by atoms with van der Waals surface area (Å²) in [6, 6.07) is 20.2. The van der Waals surface area contributed by atoms with Gasteiger partial charge in [-0.1, -0.05) is 48.5 Å². The molecule has 154 valence electrons. The fourth-order valence-corrected chi connectivity index (χ4v) is 3.04. The summed E-state index contributed by atoms with van der Waals surface area (Å²) in [6.45, 7) is 3.43. The zero-order valence-electron chi connectivity index (χ0n) is 16.0. The smallest absolute Gasteiger partial charge is 0.351 e. The van der Waals surface area contributed by atoms with Crippen LogP contribution < -0.4 is 20.4 Å². The van der Waals surface area contributed by atoms with Gasteiger partial charge in [-0.25, -0.2) is 4.79 Å². The standard InChI is InChI=1S/C19H23N3O.C2H2O4/c23-19(16-21-13-7-8-14-21)20-22(18-11-5-2-6-12-18)15-17-9-3-1-4-10-17;3-1(4)2(5)6/h1-6,9-12H,7-8,13-16H2,(H,20,23);(H,3,4)(H,5,6). The molecule has 0 spiro atoms. The number of hydrazine groups is 1. The van der Waals surface area contributed by atoms with Gasteiger partial charge in [0.1, 0.15) is 0 Å². The van der Waals surface area contributed by atoms with Gasteiger partial charge in [0.2, 0.25) is 0 Å². The topological polar surface area (TPSA) is 114 Å². The van der Waals surface area contributed by atoms with Gasteiger partial charge in [0.15, 0.2) is 12.5 Å². The highest BCUT2D eigenvalue weighted by molar-refractivity contribution is 6.26. The van der Waals surface area contributed by atoms with E-state index in [0.29, 0.717) is 13.1 Å². The quantitative estimate of drug-likeness (QED) is 0.434. The molecule has 1 aliphatic rings. The summed E-state index contributed by atoms with van der Waals surface area (Å²) in [5.74, 6) is -3.92. The summed E-state index contributed by atoms with van der Waals surface area (Å²) in [7, 11) is 0. The van der Waals surface area contributed by atoms with E-state index in [4.69, 9.17) is 19.8 Å². The van der Waals surface area contributed by atoms with E-state index in [0.717, 1.165) is 18.8 Å². The number of nitrogens with zero attached hydrogens (tertiary/aromatic N) is 1. The van der Waals surface area contributed by atoms with Gasteiger partial charge in [0.25, 0.3) is 5.91 Å². The maximum atomic E-state index is 12.4. The minimum absolute atomic E-state index is 0.0849. The van der Waals surface area contributed by atoms with E-state index in [-0.39, 0.29) is 5.91 Å². The van der Waals surface area contributed by atoms with Crippen molar-refractivity contribution < 1.29 is 29.5 Å². The van der Waals surface area contributed by atoms with Crippen LogP contribution in [0, 0.1) is 0 Å². The van der Waals surface area contributed by atoms with Crippen molar-refractivity contribution >= 4 is 23.5 Å². The monoisotopic (exact) mass is 399 g/mol. The average molecular weight is 399 g/mol. The molecule has 8 nitrogen and oxygen atoms in total. The largest absolute Gasteiger partial charge is 0.539 e. The van der Waals surface area contributed by atoms with Crippen molar-refractivity contribution in [3.05, 3.63) is 66.2 Å². The van der Waals surface area contributed by atoms with Crippen molar-refractivity contribution in [1.82, 2.24) is 5.43 Å². The van der Waals surface area contributed by atoms with Gasteiger partial charge in [-0.15, -0.1) is 0 Å². The molecule has 0 aromatic heterocycles. The Balaban J connectivity index is 0.000000438. The van der Waals surface area contributed by atoms with Crippen LogP contribution in [0.25, 0.3) is 0 Å². The number of likely N-dealkylation sites (tertiary alicyclic amines) is 1. The summed E-state index contributed by atoms with van der Waals surface area (Å²) in [4.78, 5) is 31.8. The molecule has 3 rings (SSSR count). The van der Waals surface area contributed by atoms with E-state index >= 15 is 0 Å². The second-order valence-electron chi connectivity index (χ2n) is 6.67. The third kappa shape index (κ3) is 8.02. The summed E-state index contributed by atoms with van der Waals surface area (Å²) < 4.78 is 0. The highest BCUT2D eigenvalue weighted by atomic mass is 16.4. The van der Waals surface area contributed by atoms with Crippen LogP contribution in [0.5, 0.6) is 0 Å². The molecule has 0 bridgehead atoms. The minimum Gasteiger partial charge on any atom is -0.539 e. The molecule has 0 atom stereocenters. The molecule has 0 unspecified atom stereocenters. The predicted octanol–water partition coefficient (Wildman–Crippen LogP) is -0.776. The van der Waals surface area contributed by atoms with Crippen molar-refractivity contribution in [3.63, 3.8) is 0 Å². The maximum absolute atomic E-state index is 12.4. The number of carboxylic acid groups (broad SMARTS) is 2. The molecule has 0 aliphatic carbocycles. The number of hydrogen-bond acceptors (Lipinski definition) is 5. The highest BCUT2D eigenvalue weighted by Gasteiger charge is 2.20. The lowest BCUT2D eigenvalue weighted by molar-refractivity contribution is -0.879. The van der Waals surface area contributed by atoms with Crippen LogP contribution in [0.2, 0.25) is 0 Å². The first-order chi connectivity index (χ1) is 14.0. The molecule has 0 radical (unpaired) electrons. The Morgan fingerprint density at radius 1 is 0.966 bits per heavy atom. The second-order valence-corrected chi connectivity index (χ2v) is 6.67. The minimum atomic E-state index is -2.07. The van der Waals surface area contributed by atoms with Crippen molar-refractivity contribution in [2.75, 3.05) is 24.6 Å². The lowest BCUT2D eigenvalue weighted by Crippen LogP contribution is -3.11. The van der Waals surface area contributed by atoms with Crippen LogP contribution in [0.15, 0.2) is 60.7 Å². The number of para-hydroxylation sites is 1. The zero-order valence-corrected chi connectivity index (χ0v) is 16.0. The Kier molecular flexibility index (Phi) is 8.65. The number of amides is 1. The van der Waals surface area contributed by atoms with Gasteiger partial charge in [-0.3, -0.25) is 15.2 Å². The summed E-state index contributed by atoms with van der Waals surface area (Å²) in [6.07, 6.45) is 2.46. The van der Waals surface area contributed by atoms with Gasteiger partial charge in [-0.2, -0.15) is 0 Å². The van der Waals surface area contributed by atoms with E-state index < -0.39 is 11.9 Å². The number of hydrogen-bond donors (Lipinski definition) is 3. The van der Waals surface area contributed by atoms with Gasteiger partial charge < -0.3 is 19.9 Å². The lowest BCUT2D eigenvalue weighted by atomic mass is 10.2. The number of anilines is 1. The highest BCUT2D eigenvalue weighted by Crippen LogP contribution is 2.14. The first-order valence-corrected chi connectivity index (χ1v) is 9.39. The fourth-order valence-electron chi connectivity index (χ4n) is 3.04. The van der Waals surface area contributed by atoms with E-state index in [1.165, 1.54) is 23.3 Å². The number of carbonyl (C=O) groups is 3. The molecule has 1 fully saturated rings. The summed E-state index contributed by atoms with van der Waals surface area (Å²) >= 11 is 0. The number of carbonyl (C=O) groups excluding carboxylic acids is 2. The molecule has 29 heavy (non-hydrogen) atoms. The number of benzene rings is 2. The van der Waals surface area contributed by atoms with Crippen molar-refractivity contribution in [3.8, 4) is 0 Å². The predicted molar refractivity (Wildman–Crippen MR) is 105 cm³/mol. The molecule has 2 aromatic rings. The number of rotatable bonds is 6. The molecule has 0 saturated carbocycles. The average Bonchev–Trinajstić information content (AvgIpc) is 3.22. The van der Waals surface area contributed by atoms with E-state index in [1.807, 2.05) is 53.5 Å². The zero-order chi connectivity index (χ0) is 21.1. The molecule has 1 heterocycles. The first kappa shape index (κ1) is 21.9. The third-order valence-electron chi connectivity index (χ3n) is 4.41. The van der Waals surface area contributed by atoms with Crippen LogP contribution >= 0.6 is 0 Å². The number of aliphatic carboxylic acids is 2. The van der Waals surface area contributed by atoms with Crippen molar-refractivity contribution in [1.29, 1.82) is 0 Å². The van der Waals surface area contributed by atoms with E-state index in [2.05, 4.69) is 17.6 Å². The van der Waals surface area contributed by atoms with Crippen LogP contribution in [-0.4, -0.2) is 42.6 Å². The Hall–Kier alpha value is -3.39. The summed E-state index contributed by atoms with van der Waals surface area (Å²) in [5, 5.41) is 18.3. The Labute approximate surface area is 169 Å². The molecule has 2 aromatic carbocycles. The van der Waals surface area contributed by atoms with Gasteiger partial charge >= 0.3 is 5.97 Å². The van der Waals surface area contributed by atoms with Gasteiger partial charge in [0.05, 0.1) is 25.3 Å². The second kappa shape index (κ2) is 11.5. The molecule has 1 saturated heterocycles. The normalized spacial score (nSPS) is 13.1. The fraction of sp³-hybridized carbons (Fsp3) is 0.286. The third-order valence-corrected chi connectivity index (χ3v) is 4.41. The van der Waals surface area contributed by atoms with Crippen LogP contribution in [0.4, 0.5) is 5.69 Å². The van der Waals surface area contributed by atoms with E-state index in [9.17, 15) is 4.79 Å². The molecule has 3 N–H and O–H groups in total. The van der Waals surface area contributed by atoms with Crippen molar-refractivity contribution in [2.45, 2.75) is 19.4 Å². The van der Waals surface area contributed by atoms with Gasteiger partial charge in [-0.05, 0) is 17.7 Å². The molecule has 8 heteroatoms. The van der Waals surface area contributed by atoms with Crippen LogP contribution in [0.3, 0.4) is 0 Å². The molecule has 1 aliphatic heterocycles. The first-order valence-electron chi connectivity index (χ1n) is 9.39. The Bertz CT molecular complexity index is 780. The van der Waals surface area contributed by atoms with E-state index in [1.54, 1.807) is 0 Å². The SMILES string of the molecule is O=C(C[NH+]1CCCC1)NN(Cc1ccccc1)c1ccccc1.O=C([O-])C(=O)O. The lowest BCUT2D eigenvalue weighted by Gasteiger charge is -2.26. The number of nitrogens with one attached hydrogen (secondary N) is 2. The summed E-state index contributed by atoms with van der Waals surface area (Å²) in [5.41, 5.74) is 5.25. The van der Waals surface area contributed by atoms with Crippen molar-refractivity contribution in [2.24, 2.45) is 0 Å². The maximum Gasteiger partial charge on any atom is 0.351 e. The Morgan fingerprint density at radius 2 is 1.48 bits per heavy atom. The number of quaternary nitrogens is 1. The van der Waals surface area contributed by atoms with Crippen LogP contribution in [0.1, 0.15) is 18.4 Å². The molecule has 1 amide bonds. The number of carboxylic acids is 2. The Morgan fingerprint density at radius 3 is 2.00 bits per heavy atom. The van der Waals surface area contributed by atoms with Gasteiger partial charge in [0, 0.05) is 12.8 Å². The van der Waals surface area contributed by atoms with Crippen LogP contribution in [-0.2, 0) is 20.9 Å².